The van der Waals surface area contributed by atoms with Crippen LogP contribution in [0.3, 0.4) is 0 Å². The largest absolute Gasteiger partial charge is 0.389 e. The Morgan fingerprint density at radius 1 is 1.38 bits per heavy atom. The number of carbonyl (C=O) groups excluding carboxylic acids is 1. The first kappa shape index (κ1) is 15.2. The molecule has 0 aliphatic heterocycles. The molecular weight excluding hydrogens is 284 g/mol. The minimum Gasteiger partial charge on any atom is -0.389 e. The van der Waals surface area contributed by atoms with Crippen molar-refractivity contribution < 1.29 is 4.79 Å². The summed E-state index contributed by atoms with van der Waals surface area (Å²) in [7, 11) is 0. The fourth-order valence-electron chi connectivity index (χ4n) is 2.01. The van der Waals surface area contributed by atoms with Gasteiger partial charge in [0.05, 0.1) is 12.1 Å². The molecule has 21 heavy (non-hydrogen) atoms. The summed E-state index contributed by atoms with van der Waals surface area (Å²) in [5.74, 6) is 0.493. The predicted octanol–water partition coefficient (Wildman–Crippen LogP) is 1.81. The van der Waals surface area contributed by atoms with Crippen LogP contribution in [0.4, 0.5) is 5.82 Å². The monoisotopic (exact) mass is 302 g/mol. The number of hydrogen-bond donors (Lipinski definition) is 3. The third-order valence-corrected chi connectivity index (χ3v) is 3.08. The Labute approximate surface area is 128 Å². The van der Waals surface area contributed by atoms with Gasteiger partial charge in [0.2, 0.25) is 5.91 Å². The number of carbonyl (C=O) groups is 1. The highest BCUT2D eigenvalue weighted by Gasteiger charge is 2.09. The maximum atomic E-state index is 11.7. The Hall–Kier alpha value is -2.21. The second kappa shape index (κ2) is 6.49. The third kappa shape index (κ3) is 3.88. The second-order valence-corrected chi connectivity index (χ2v) is 5.45. The van der Waals surface area contributed by atoms with Crippen molar-refractivity contribution in [1.29, 1.82) is 0 Å². The van der Waals surface area contributed by atoms with Crippen molar-refractivity contribution in [3.8, 4) is 0 Å². The molecule has 0 saturated carbocycles. The molecule has 1 heterocycles. The zero-order valence-corrected chi connectivity index (χ0v) is 12.8. The highest BCUT2D eigenvalue weighted by atomic mass is 32.1. The van der Waals surface area contributed by atoms with Crippen LogP contribution in [0.5, 0.6) is 0 Å². The van der Waals surface area contributed by atoms with Gasteiger partial charge in [-0.25, -0.2) is 4.98 Å². The number of nitrogens with zero attached hydrogens (tertiary/aromatic N) is 1. The van der Waals surface area contributed by atoms with Crippen LogP contribution in [-0.2, 0) is 4.79 Å². The Kier molecular flexibility index (Phi) is 4.70. The van der Waals surface area contributed by atoms with Gasteiger partial charge in [0.25, 0.3) is 0 Å². The summed E-state index contributed by atoms with van der Waals surface area (Å²) >= 11 is 5.08. The van der Waals surface area contributed by atoms with E-state index in [4.69, 9.17) is 18.0 Å². The van der Waals surface area contributed by atoms with Crippen molar-refractivity contribution in [3.63, 3.8) is 0 Å². The molecule has 2 aromatic rings. The van der Waals surface area contributed by atoms with Crippen LogP contribution in [0.15, 0.2) is 30.3 Å². The fourth-order valence-corrected chi connectivity index (χ4v) is 2.18. The molecule has 0 atom stereocenters. The van der Waals surface area contributed by atoms with Crippen LogP contribution < -0.4 is 16.4 Å². The first-order valence-corrected chi connectivity index (χ1v) is 7.11. The lowest BCUT2D eigenvalue weighted by Gasteiger charge is -2.12. The van der Waals surface area contributed by atoms with Crippen molar-refractivity contribution in [1.82, 2.24) is 10.3 Å². The average Bonchev–Trinajstić information content (AvgIpc) is 2.43. The smallest absolute Gasteiger partial charge is 0.239 e. The van der Waals surface area contributed by atoms with Gasteiger partial charge in [-0.1, -0.05) is 30.4 Å². The molecule has 0 unspecified atom stereocenters. The van der Waals surface area contributed by atoms with Gasteiger partial charge in [-0.3, -0.25) is 4.79 Å². The van der Waals surface area contributed by atoms with Gasteiger partial charge >= 0.3 is 0 Å². The molecular formula is C15H18N4OS. The van der Waals surface area contributed by atoms with Gasteiger partial charge in [0, 0.05) is 17.0 Å². The summed E-state index contributed by atoms with van der Waals surface area (Å²) in [5, 5.41) is 6.71. The van der Waals surface area contributed by atoms with E-state index in [2.05, 4.69) is 15.6 Å². The lowest BCUT2D eigenvalue weighted by molar-refractivity contribution is -0.119. The van der Waals surface area contributed by atoms with E-state index in [1.165, 1.54) is 0 Å². The van der Waals surface area contributed by atoms with E-state index in [0.717, 1.165) is 16.5 Å². The van der Waals surface area contributed by atoms with E-state index < -0.39 is 0 Å². The number of nitrogens with two attached hydrogens (primary N) is 1. The predicted molar refractivity (Wildman–Crippen MR) is 89.4 cm³/mol. The van der Waals surface area contributed by atoms with Gasteiger partial charge in [0.15, 0.2) is 0 Å². The lowest BCUT2D eigenvalue weighted by atomic mass is 10.1. The number of amides is 1. The van der Waals surface area contributed by atoms with E-state index in [-0.39, 0.29) is 18.5 Å². The molecule has 1 aromatic heterocycles. The number of nitrogens with one attached hydrogen (secondary N) is 2. The zero-order chi connectivity index (χ0) is 15.4. The zero-order valence-electron chi connectivity index (χ0n) is 12.0. The molecule has 1 amide bonds. The molecule has 0 fully saturated rings. The van der Waals surface area contributed by atoms with E-state index in [9.17, 15) is 4.79 Å². The Bertz CT molecular complexity index is 684. The molecule has 0 aliphatic rings. The first-order chi connectivity index (χ1) is 9.97. The van der Waals surface area contributed by atoms with E-state index >= 15 is 0 Å². The van der Waals surface area contributed by atoms with Crippen molar-refractivity contribution >= 4 is 39.8 Å². The number of benzene rings is 1. The van der Waals surface area contributed by atoms with E-state index in [1.54, 1.807) is 6.07 Å². The topological polar surface area (TPSA) is 80.0 Å². The lowest BCUT2D eigenvalue weighted by Crippen LogP contribution is -2.35. The molecule has 1 aromatic carbocycles. The highest BCUT2D eigenvalue weighted by molar-refractivity contribution is 7.80. The molecule has 0 bridgehead atoms. The first-order valence-electron chi connectivity index (χ1n) is 6.70. The summed E-state index contributed by atoms with van der Waals surface area (Å²) in [6.45, 7) is 3.98. The number of anilines is 1. The maximum absolute atomic E-state index is 11.7. The Morgan fingerprint density at radius 2 is 2.10 bits per heavy atom. The van der Waals surface area contributed by atoms with Gasteiger partial charge in [-0.15, -0.1) is 0 Å². The van der Waals surface area contributed by atoms with Crippen LogP contribution >= 0.6 is 12.2 Å². The van der Waals surface area contributed by atoms with Crippen LogP contribution in [0.25, 0.3) is 10.9 Å². The van der Waals surface area contributed by atoms with E-state index in [0.29, 0.717) is 10.8 Å². The average molecular weight is 302 g/mol. The van der Waals surface area contributed by atoms with Crippen molar-refractivity contribution in [2.24, 2.45) is 5.73 Å². The highest BCUT2D eigenvalue weighted by Crippen LogP contribution is 2.20. The molecule has 0 saturated heterocycles. The van der Waals surface area contributed by atoms with E-state index in [1.807, 2.05) is 38.1 Å². The summed E-state index contributed by atoms with van der Waals surface area (Å²) in [6, 6.07) is 9.50. The number of pyridine rings is 1. The van der Waals surface area contributed by atoms with Gasteiger partial charge in [-0.2, -0.15) is 0 Å². The van der Waals surface area contributed by atoms with Crippen LogP contribution in [-0.4, -0.2) is 28.5 Å². The molecule has 5 nitrogen and oxygen atoms in total. The third-order valence-electron chi connectivity index (χ3n) is 2.86. The number of fused-ring (bicyclic) bond motifs is 1. The van der Waals surface area contributed by atoms with Gasteiger partial charge in [-0.05, 0) is 26.0 Å². The number of para-hydroxylation sites is 1. The van der Waals surface area contributed by atoms with Crippen LogP contribution in [0.1, 0.15) is 19.4 Å². The van der Waals surface area contributed by atoms with Crippen molar-refractivity contribution in [2.75, 3.05) is 11.9 Å². The molecule has 4 N–H and O–H groups in total. The molecule has 0 radical (unpaired) electrons. The number of hydrogen-bond acceptors (Lipinski definition) is 4. The molecule has 2 rings (SSSR count). The van der Waals surface area contributed by atoms with Gasteiger partial charge in [0.1, 0.15) is 10.8 Å². The minimum atomic E-state index is -0.0863. The summed E-state index contributed by atoms with van der Waals surface area (Å²) < 4.78 is 0. The summed E-state index contributed by atoms with van der Waals surface area (Å²) in [5.41, 5.74) is 7.31. The Morgan fingerprint density at radius 3 is 2.76 bits per heavy atom. The quantitative estimate of drug-likeness (QED) is 0.734. The maximum Gasteiger partial charge on any atom is 0.239 e. The van der Waals surface area contributed by atoms with Crippen molar-refractivity contribution in [2.45, 2.75) is 19.9 Å². The normalized spacial score (nSPS) is 10.6. The Balaban J connectivity index is 2.25. The second-order valence-electron chi connectivity index (χ2n) is 5.01. The molecule has 6 heteroatoms. The number of thiocarbonyl (C=S) groups is 1. The molecule has 0 aliphatic carbocycles. The van der Waals surface area contributed by atoms with Gasteiger partial charge < -0.3 is 16.4 Å². The summed E-state index contributed by atoms with van der Waals surface area (Å²) in [6.07, 6.45) is 0. The fraction of sp³-hybridized carbons (Fsp3) is 0.267. The molecule has 0 spiro atoms. The molecule has 110 valence electrons. The van der Waals surface area contributed by atoms with Crippen LogP contribution in [0, 0.1) is 0 Å². The summed E-state index contributed by atoms with van der Waals surface area (Å²) in [4.78, 5) is 16.4. The minimum absolute atomic E-state index is 0.0863. The standard InChI is InChI=1S/C15H18N4OS/c1-9(2)18-14(20)8-17-13-7-11(15(16)21)10-5-3-4-6-12(10)19-13/h3-7,9H,8H2,1-2H3,(H2,16,21)(H,17,19)(H,18,20). The number of rotatable bonds is 5. The number of aromatic nitrogens is 1. The van der Waals surface area contributed by atoms with Crippen molar-refractivity contribution in [3.05, 3.63) is 35.9 Å². The SMILES string of the molecule is CC(C)NC(=O)CNc1cc(C(N)=S)c2ccccc2n1. The van der Waals surface area contributed by atoms with Crippen LogP contribution in [0.2, 0.25) is 0 Å².